The van der Waals surface area contributed by atoms with E-state index >= 15 is 0 Å². The molecule has 0 radical (unpaired) electrons. The molecule has 0 aliphatic rings. The van der Waals surface area contributed by atoms with E-state index in [4.69, 9.17) is 16.3 Å². The molecule has 146 valence electrons. The van der Waals surface area contributed by atoms with Crippen molar-refractivity contribution in [3.8, 4) is 5.75 Å². The van der Waals surface area contributed by atoms with Crippen molar-refractivity contribution in [1.82, 2.24) is 4.72 Å². The molecule has 1 atom stereocenters. The molecule has 0 heterocycles. The number of benzene rings is 2. The third kappa shape index (κ3) is 4.71. The predicted octanol–water partition coefficient (Wildman–Crippen LogP) is 3.07. The molecule has 2 rings (SSSR count). The Morgan fingerprint density at radius 2 is 1.81 bits per heavy atom. The van der Waals surface area contributed by atoms with Crippen LogP contribution in [0.15, 0.2) is 35.2 Å². The summed E-state index contributed by atoms with van der Waals surface area (Å²) in [4.78, 5) is 11.8. The van der Waals surface area contributed by atoms with E-state index in [0.717, 1.165) is 12.1 Å². The van der Waals surface area contributed by atoms with Gasteiger partial charge in [-0.1, -0.05) is 11.6 Å². The molecular formula is C16H14ClF3N2O4S. The number of hydrogen-bond acceptors (Lipinski definition) is 4. The van der Waals surface area contributed by atoms with Crippen molar-refractivity contribution in [2.24, 2.45) is 0 Å². The van der Waals surface area contributed by atoms with Gasteiger partial charge in [0.2, 0.25) is 15.9 Å². The average Bonchev–Trinajstić information content (AvgIpc) is 2.61. The number of rotatable bonds is 6. The van der Waals surface area contributed by atoms with E-state index in [1.54, 1.807) is 0 Å². The summed E-state index contributed by atoms with van der Waals surface area (Å²) in [6.07, 6.45) is 0. The molecule has 0 unspecified atom stereocenters. The van der Waals surface area contributed by atoms with Gasteiger partial charge in [-0.05, 0) is 37.3 Å². The molecule has 2 aromatic carbocycles. The molecule has 0 aromatic heterocycles. The minimum Gasteiger partial charge on any atom is -0.495 e. The van der Waals surface area contributed by atoms with Crippen LogP contribution >= 0.6 is 11.6 Å². The highest BCUT2D eigenvalue weighted by atomic mass is 35.5. The van der Waals surface area contributed by atoms with Crippen LogP contribution < -0.4 is 14.8 Å². The van der Waals surface area contributed by atoms with Crippen LogP contribution in [-0.2, 0) is 14.8 Å². The summed E-state index contributed by atoms with van der Waals surface area (Å²) in [6, 6.07) is 3.93. The molecule has 0 saturated heterocycles. The topological polar surface area (TPSA) is 84.5 Å². The number of halogens is 4. The average molecular weight is 423 g/mol. The van der Waals surface area contributed by atoms with E-state index in [-0.39, 0.29) is 15.7 Å². The normalized spacial score (nSPS) is 12.5. The maximum atomic E-state index is 13.6. The monoisotopic (exact) mass is 422 g/mol. The van der Waals surface area contributed by atoms with Gasteiger partial charge in [-0.15, -0.1) is 0 Å². The van der Waals surface area contributed by atoms with Crippen LogP contribution in [0.5, 0.6) is 5.75 Å². The van der Waals surface area contributed by atoms with Crippen molar-refractivity contribution in [2.45, 2.75) is 17.9 Å². The number of sulfonamides is 1. The van der Waals surface area contributed by atoms with Gasteiger partial charge in [-0.25, -0.2) is 21.6 Å². The van der Waals surface area contributed by atoms with Crippen molar-refractivity contribution in [1.29, 1.82) is 0 Å². The molecule has 0 fully saturated rings. The Morgan fingerprint density at radius 3 is 2.44 bits per heavy atom. The Morgan fingerprint density at radius 1 is 1.15 bits per heavy atom. The molecule has 2 aromatic rings. The van der Waals surface area contributed by atoms with Crippen molar-refractivity contribution in [3.05, 3.63) is 52.8 Å². The van der Waals surface area contributed by atoms with Crippen LogP contribution in [0, 0.1) is 17.5 Å². The summed E-state index contributed by atoms with van der Waals surface area (Å²) in [7, 11) is -2.98. The zero-order valence-electron chi connectivity index (χ0n) is 14.0. The van der Waals surface area contributed by atoms with Gasteiger partial charge in [0.1, 0.15) is 10.6 Å². The SMILES string of the molecule is COc1ccc(Cl)cc1S(=O)(=O)N[C@H](C)C(=O)Nc1ccc(F)c(F)c1F. The highest BCUT2D eigenvalue weighted by Crippen LogP contribution is 2.27. The second kappa shape index (κ2) is 8.15. The maximum Gasteiger partial charge on any atom is 0.245 e. The first kappa shape index (κ1) is 21.0. The zero-order chi connectivity index (χ0) is 20.4. The Hall–Kier alpha value is -2.30. The van der Waals surface area contributed by atoms with E-state index in [1.807, 2.05) is 5.32 Å². The fourth-order valence-electron chi connectivity index (χ4n) is 2.07. The Labute approximate surface area is 158 Å². The minimum atomic E-state index is -4.24. The van der Waals surface area contributed by atoms with E-state index in [1.165, 1.54) is 26.2 Å². The molecule has 11 heteroatoms. The predicted molar refractivity (Wildman–Crippen MR) is 92.7 cm³/mol. The van der Waals surface area contributed by atoms with E-state index in [2.05, 4.69) is 4.72 Å². The molecule has 0 saturated carbocycles. The highest BCUT2D eigenvalue weighted by molar-refractivity contribution is 7.89. The van der Waals surface area contributed by atoms with Gasteiger partial charge in [-0.3, -0.25) is 4.79 Å². The number of anilines is 1. The number of carbonyl (C=O) groups excluding carboxylic acids is 1. The number of amides is 1. The van der Waals surface area contributed by atoms with Crippen LogP contribution in [0.1, 0.15) is 6.92 Å². The summed E-state index contributed by atoms with van der Waals surface area (Å²) in [5.74, 6) is -5.79. The smallest absolute Gasteiger partial charge is 0.245 e. The lowest BCUT2D eigenvalue weighted by molar-refractivity contribution is -0.117. The largest absolute Gasteiger partial charge is 0.495 e. The van der Waals surface area contributed by atoms with E-state index < -0.39 is 45.1 Å². The standard InChI is InChI=1S/C16H14ClF3N2O4S/c1-8(16(23)21-11-5-4-10(18)14(19)15(11)20)22-27(24,25)13-7-9(17)3-6-12(13)26-2/h3-8,22H,1-2H3,(H,21,23)/t8-/m1/s1. The van der Waals surface area contributed by atoms with Crippen LogP contribution in [0.25, 0.3) is 0 Å². The third-order valence-electron chi connectivity index (χ3n) is 3.43. The lowest BCUT2D eigenvalue weighted by Crippen LogP contribution is -2.41. The second-order valence-electron chi connectivity index (χ2n) is 5.35. The molecule has 0 bridgehead atoms. The van der Waals surface area contributed by atoms with Crippen LogP contribution in [0.4, 0.5) is 18.9 Å². The number of ether oxygens (including phenoxy) is 1. The first-order valence-corrected chi connectivity index (χ1v) is 9.23. The number of methoxy groups -OCH3 is 1. The van der Waals surface area contributed by atoms with Crippen LogP contribution in [-0.4, -0.2) is 27.5 Å². The summed E-state index contributed by atoms with van der Waals surface area (Å²) in [6.45, 7) is 1.18. The highest BCUT2D eigenvalue weighted by Gasteiger charge is 2.26. The van der Waals surface area contributed by atoms with E-state index in [9.17, 15) is 26.4 Å². The number of nitrogens with one attached hydrogen (secondary N) is 2. The molecule has 6 nitrogen and oxygen atoms in total. The van der Waals surface area contributed by atoms with Crippen LogP contribution in [0.2, 0.25) is 5.02 Å². The zero-order valence-corrected chi connectivity index (χ0v) is 15.6. The van der Waals surface area contributed by atoms with Gasteiger partial charge in [0.05, 0.1) is 18.8 Å². The Kier molecular flexibility index (Phi) is 6.34. The number of hydrogen-bond donors (Lipinski definition) is 2. The van der Waals surface area contributed by atoms with E-state index in [0.29, 0.717) is 6.07 Å². The molecule has 0 aliphatic carbocycles. The van der Waals surface area contributed by atoms with Gasteiger partial charge in [0.25, 0.3) is 0 Å². The second-order valence-corrected chi connectivity index (χ2v) is 7.47. The summed E-state index contributed by atoms with van der Waals surface area (Å²) in [5.41, 5.74) is -0.634. The lowest BCUT2D eigenvalue weighted by atomic mass is 10.2. The van der Waals surface area contributed by atoms with Crippen LogP contribution in [0.3, 0.4) is 0 Å². The molecule has 0 spiro atoms. The summed E-state index contributed by atoms with van der Waals surface area (Å²) < 4.78 is 71.8. The van der Waals surface area contributed by atoms with Crippen molar-refractivity contribution in [2.75, 3.05) is 12.4 Å². The molecular weight excluding hydrogens is 409 g/mol. The third-order valence-corrected chi connectivity index (χ3v) is 5.23. The number of carbonyl (C=O) groups is 1. The lowest BCUT2D eigenvalue weighted by Gasteiger charge is -2.16. The first-order chi connectivity index (χ1) is 12.6. The first-order valence-electron chi connectivity index (χ1n) is 7.37. The van der Waals surface area contributed by atoms with Gasteiger partial charge >= 0.3 is 0 Å². The quantitative estimate of drug-likeness (QED) is 0.701. The van der Waals surface area contributed by atoms with Crippen molar-refractivity contribution in [3.63, 3.8) is 0 Å². The van der Waals surface area contributed by atoms with Crippen molar-refractivity contribution >= 4 is 33.2 Å². The summed E-state index contributed by atoms with van der Waals surface area (Å²) >= 11 is 5.80. The fraction of sp³-hybridized carbons (Fsp3) is 0.188. The van der Waals surface area contributed by atoms with Gasteiger partial charge in [-0.2, -0.15) is 4.72 Å². The fourth-order valence-corrected chi connectivity index (χ4v) is 3.71. The molecule has 2 N–H and O–H groups in total. The minimum absolute atomic E-state index is 0.00819. The summed E-state index contributed by atoms with van der Waals surface area (Å²) in [5, 5.41) is 2.11. The maximum absolute atomic E-state index is 13.6. The van der Waals surface area contributed by atoms with Gasteiger partial charge in [0, 0.05) is 5.02 Å². The van der Waals surface area contributed by atoms with Gasteiger partial charge in [0.15, 0.2) is 17.5 Å². The van der Waals surface area contributed by atoms with Crippen molar-refractivity contribution < 1.29 is 31.1 Å². The Balaban J connectivity index is 2.21. The molecule has 1 amide bonds. The molecule has 0 aliphatic heterocycles. The molecule has 27 heavy (non-hydrogen) atoms. The Bertz CT molecular complexity index is 986. The van der Waals surface area contributed by atoms with Gasteiger partial charge < -0.3 is 10.1 Å².